The molecule has 6 nitrogen and oxygen atoms in total. The fourth-order valence-electron chi connectivity index (χ4n) is 4.99. The van der Waals surface area contributed by atoms with Gasteiger partial charge >= 0.3 is 0 Å². The Kier molecular flexibility index (Phi) is 7.98. The highest BCUT2D eigenvalue weighted by Crippen LogP contribution is 2.23. The molecule has 0 saturated carbocycles. The summed E-state index contributed by atoms with van der Waals surface area (Å²) in [7, 11) is 1.92. The topological polar surface area (TPSA) is 50.6 Å². The maximum Gasteiger partial charge on any atom is 0.223 e. The molecule has 0 aliphatic carbocycles. The molecule has 1 atom stereocenters. The van der Waals surface area contributed by atoms with Gasteiger partial charge in [-0.1, -0.05) is 24.3 Å². The second-order valence-corrected chi connectivity index (χ2v) is 9.60. The summed E-state index contributed by atoms with van der Waals surface area (Å²) in [6, 6.07) is 8.68. The molecule has 2 aliphatic rings. The molecule has 2 saturated heterocycles. The number of hydrogen-bond acceptors (Lipinski definition) is 4. The van der Waals surface area contributed by atoms with Crippen molar-refractivity contribution in [2.75, 3.05) is 32.8 Å². The Morgan fingerprint density at radius 1 is 1.19 bits per heavy atom. The first-order valence-electron chi connectivity index (χ1n) is 12.2. The van der Waals surface area contributed by atoms with Crippen molar-refractivity contribution in [1.29, 1.82) is 0 Å². The number of carbonyl (C=O) groups is 1. The Labute approximate surface area is 192 Å². The van der Waals surface area contributed by atoms with Crippen molar-refractivity contribution in [2.24, 2.45) is 13.0 Å². The lowest BCUT2D eigenvalue weighted by molar-refractivity contribution is -0.133. The Hall–Kier alpha value is -2.18. The van der Waals surface area contributed by atoms with Crippen LogP contribution in [0.4, 0.5) is 0 Å². The van der Waals surface area contributed by atoms with Crippen molar-refractivity contribution in [2.45, 2.75) is 58.1 Å². The van der Waals surface area contributed by atoms with Gasteiger partial charge in [0.1, 0.15) is 0 Å². The van der Waals surface area contributed by atoms with Crippen LogP contribution in [0.5, 0.6) is 0 Å². The first-order valence-corrected chi connectivity index (χ1v) is 12.2. The van der Waals surface area contributed by atoms with Gasteiger partial charge in [0.25, 0.3) is 0 Å². The van der Waals surface area contributed by atoms with Crippen LogP contribution in [0.3, 0.4) is 0 Å². The third-order valence-electron chi connectivity index (χ3n) is 7.03. The fraction of sp³-hybridized carbons (Fsp3) is 0.615. The van der Waals surface area contributed by atoms with Gasteiger partial charge in [-0.3, -0.25) is 14.4 Å². The average Bonchev–Trinajstić information content (AvgIpc) is 3.46. The number of carbonyl (C=O) groups excluding carboxylic acids is 1. The highest BCUT2D eigenvalue weighted by Gasteiger charge is 2.27. The summed E-state index contributed by atoms with van der Waals surface area (Å²) in [6.45, 7) is 7.89. The van der Waals surface area contributed by atoms with Crippen LogP contribution in [0, 0.1) is 12.8 Å². The Morgan fingerprint density at radius 3 is 2.69 bits per heavy atom. The summed E-state index contributed by atoms with van der Waals surface area (Å²) in [5.74, 6) is 0.832. The van der Waals surface area contributed by atoms with Gasteiger partial charge in [0.15, 0.2) is 0 Å². The molecule has 0 spiro atoms. The van der Waals surface area contributed by atoms with Gasteiger partial charge in [0.2, 0.25) is 5.91 Å². The lowest BCUT2D eigenvalue weighted by atomic mass is 9.95. The monoisotopic (exact) mass is 438 g/mol. The van der Waals surface area contributed by atoms with E-state index in [1.807, 2.05) is 19.4 Å². The molecule has 1 aromatic carbocycles. The standard InChI is InChI=1S/C26H38N4O2/c1-21-6-3-4-7-24(21)19-29-13-11-22(12-14-29)18-30(20-25-8-5-15-32-25)26(31)10-9-23-16-27-28(2)17-23/h3-4,6-7,16-17,22,25H,5,8-15,18-20H2,1-2H3. The van der Waals surface area contributed by atoms with Crippen LogP contribution in [-0.2, 0) is 29.5 Å². The van der Waals surface area contributed by atoms with E-state index in [-0.39, 0.29) is 12.0 Å². The SMILES string of the molecule is Cc1ccccc1CN1CCC(CN(CC2CCCO2)C(=O)CCc2cnn(C)c2)CC1. The van der Waals surface area contributed by atoms with Gasteiger partial charge in [-0.2, -0.15) is 5.10 Å². The number of ether oxygens (including phenoxy) is 1. The molecule has 32 heavy (non-hydrogen) atoms. The van der Waals surface area contributed by atoms with Crippen molar-refractivity contribution in [3.05, 3.63) is 53.3 Å². The molecule has 1 amide bonds. The van der Waals surface area contributed by atoms with E-state index < -0.39 is 0 Å². The maximum absolute atomic E-state index is 13.2. The quantitative estimate of drug-likeness (QED) is 0.601. The normalized spacial score (nSPS) is 20.0. The highest BCUT2D eigenvalue weighted by molar-refractivity contribution is 5.76. The van der Waals surface area contributed by atoms with Gasteiger partial charge < -0.3 is 9.64 Å². The lowest BCUT2D eigenvalue weighted by Gasteiger charge is -2.36. The molecule has 1 aromatic heterocycles. The summed E-state index contributed by atoms with van der Waals surface area (Å²) in [6.07, 6.45) is 9.87. The summed E-state index contributed by atoms with van der Waals surface area (Å²) in [5.41, 5.74) is 3.93. The Balaban J connectivity index is 1.29. The van der Waals surface area contributed by atoms with E-state index in [2.05, 4.69) is 46.1 Å². The van der Waals surface area contributed by atoms with Crippen LogP contribution in [0.1, 0.15) is 48.8 Å². The van der Waals surface area contributed by atoms with Crippen LogP contribution in [-0.4, -0.2) is 64.4 Å². The molecular formula is C26H38N4O2. The molecule has 2 fully saturated rings. The molecule has 174 valence electrons. The molecule has 2 aliphatic heterocycles. The van der Waals surface area contributed by atoms with E-state index >= 15 is 0 Å². The van der Waals surface area contributed by atoms with Gasteiger partial charge in [0, 0.05) is 45.9 Å². The predicted molar refractivity (Wildman–Crippen MR) is 126 cm³/mol. The van der Waals surface area contributed by atoms with Crippen molar-refractivity contribution in [3.8, 4) is 0 Å². The summed E-state index contributed by atoms with van der Waals surface area (Å²) >= 11 is 0. The number of nitrogens with zero attached hydrogens (tertiary/aromatic N) is 4. The first kappa shape index (κ1) is 23.0. The van der Waals surface area contributed by atoms with Crippen molar-refractivity contribution in [3.63, 3.8) is 0 Å². The number of aromatic nitrogens is 2. The van der Waals surface area contributed by atoms with E-state index in [4.69, 9.17) is 4.74 Å². The molecule has 1 unspecified atom stereocenters. The number of amides is 1. The van der Waals surface area contributed by atoms with Crippen molar-refractivity contribution in [1.82, 2.24) is 19.6 Å². The second kappa shape index (κ2) is 11.1. The van der Waals surface area contributed by atoms with Gasteiger partial charge in [0.05, 0.1) is 12.3 Å². The molecule has 0 radical (unpaired) electrons. The minimum absolute atomic E-state index is 0.207. The average molecular weight is 439 g/mol. The number of rotatable bonds is 9. The Bertz CT molecular complexity index is 866. The van der Waals surface area contributed by atoms with Crippen LogP contribution < -0.4 is 0 Å². The summed E-state index contributed by atoms with van der Waals surface area (Å²) in [4.78, 5) is 17.8. The van der Waals surface area contributed by atoms with Crippen molar-refractivity contribution >= 4 is 5.91 Å². The van der Waals surface area contributed by atoms with Gasteiger partial charge in [-0.15, -0.1) is 0 Å². The zero-order valence-corrected chi connectivity index (χ0v) is 19.7. The lowest BCUT2D eigenvalue weighted by Crippen LogP contribution is -2.43. The molecule has 0 bridgehead atoms. The Morgan fingerprint density at radius 2 is 2.00 bits per heavy atom. The van der Waals surface area contributed by atoms with Gasteiger partial charge in [-0.05, 0) is 74.7 Å². The van der Waals surface area contributed by atoms with E-state index in [1.165, 1.54) is 11.1 Å². The zero-order valence-electron chi connectivity index (χ0n) is 19.7. The predicted octanol–water partition coefficient (Wildman–Crippen LogP) is 3.58. The third-order valence-corrected chi connectivity index (χ3v) is 7.03. The minimum Gasteiger partial charge on any atom is -0.376 e. The van der Waals surface area contributed by atoms with Gasteiger partial charge in [-0.25, -0.2) is 0 Å². The van der Waals surface area contributed by atoms with Crippen LogP contribution in [0.2, 0.25) is 0 Å². The fourth-order valence-corrected chi connectivity index (χ4v) is 4.99. The van der Waals surface area contributed by atoms with Crippen LogP contribution in [0.25, 0.3) is 0 Å². The second-order valence-electron chi connectivity index (χ2n) is 9.60. The molecule has 4 rings (SSSR count). The summed E-state index contributed by atoms with van der Waals surface area (Å²) in [5, 5.41) is 4.23. The van der Waals surface area contributed by atoms with Crippen LogP contribution >= 0.6 is 0 Å². The number of aryl methyl sites for hydroxylation is 3. The number of hydrogen-bond donors (Lipinski definition) is 0. The minimum atomic E-state index is 0.207. The molecular weight excluding hydrogens is 400 g/mol. The largest absolute Gasteiger partial charge is 0.376 e. The molecule has 0 N–H and O–H groups in total. The molecule has 6 heteroatoms. The van der Waals surface area contributed by atoms with Crippen LogP contribution in [0.15, 0.2) is 36.7 Å². The maximum atomic E-state index is 13.2. The zero-order chi connectivity index (χ0) is 22.3. The number of benzene rings is 1. The number of piperidine rings is 1. The third kappa shape index (κ3) is 6.42. The summed E-state index contributed by atoms with van der Waals surface area (Å²) < 4.78 is 7.67. The van der Waals surface area contributed by atoms with E-state index in [0.29, 0.717) is 12.3 Å². The smallest absolute Gasteiger partial charge is 0.223 e. The van der Waals surface area contributed by atoms with E-state index in [1.54, 1.807) is 4.68 Å². The first-order chi connectivity index (χ1) is 15.6. The van der Waals surface area contributed by atoms with E-state index in [9.17, 15) is 4.79 Å². The molecule has 3 heterocycles. The van der Waals surface area contributed by atoms with E-state index in [0.717, 1.165) is 77.0 Å². The number of likely N-dealkylation sites (tertiary alicyclic amines) is 1. The van der Waals surface area contributed by atoms with Crippen molar-refractivity contribution < 1.29 is 9.53 Å². The highest BCUT2D eigenvalue weighted by atomic mass is 16.5. The molecule has 2 aromatic rings.